The molecule has 8 heteroatoms. The Labute approximate surface area is 218 Å². The summed E-state index contributed by atoms with van der Waals surface area (Å²) in [5.74, 6) is 6.19. The Balaban J connectivity index is 1.60. The number of ether oxygens (including phenoxy) is 2. The van der Waals surface area contributed by atoms with E-state index >= 15 is 0 Å². The Hall–Kier alpha value is -2.99. The summed E-state index contributed by atoms with van der Waals surface area (Å²) in [6.45, 7) is 7.49. The third-order valence-electron chi connectivity index (χ3n) is 7.10. The molecule has 1 fully saturated rings. The van der Waals surface area contributed by atoms with Crippen LogP contribution in [-0.4, -0.2) is 84.4 Å². The van der Waals surface area contributed by atoms with Crippen LogP contribution in [0.3, 0.4) is 0 Å². The van der Waals surface area contributed by atoms with Crippen LogP contribution in [0.4, 0.5) is 4.39 Å². The molecule has 1 saturated heterocycles. The molecule has 2 aliphatic rings. The first-order valence-electron chi connectivity index (χ1n) is 13.0. The number of aliphatic hydroxyl groups excluding tert-OH is 1. The normalized spacial score (nSPS) is 21.4. The number of nitrogens with zero attached hydrogens (tertiary/aromatic N) is 3. The molecule has 0 spiro atoms. The Morgan fingerprint density at radius 2 is 1.97 bits per heavy atom. The molecule has 2 aromatic rings. The smallest absolute Gasteiger partial charge is 0.259 e. The molecule has 2 aliphatic heterocycles. The van der Waals surface area contributed by atoms with E-state index in [2.05, 4.69) is 35.7 Å². The number of carbonyl (C=O) groups is 1. The molecule has 1 amide bonds. The standard InChI is InChI=1S/C29H36FN3O4/c1-20-16-33(21(2)19-34)29(35)26-14-24(8-7-22-5-4-6-25(30)13-22)15-31-28(26)37-27(20)18-32(3)17-23-9-11-36-12-10-23/h4-6,13-15,20-21,23,27,34H,9-12,16-19H2,1-3H3/t20-,21-,27+/m1/s1. The molecule has 0 aliphatic carbocycles. The number of amides is 1. The van der Waals surface area contributed by atoms with E-state index in [4.69, 9.17) is 9.47 Å². The molecule has 0 bridgehead atoms. The van der Waals surface area contributed by atoms with Gasteiger partial charge in [0.25, 0.3) is 5.91 Å². The van der Waals surface area contributed by atoms with E-state index in [9.17, 15) is 14.3 Å². The van der Waals surface area contributed by atoms with E-state index in [-0.39, 0.29) is 42.3 Å². The van der Waals surface area contributed by atoms with Crippen molar-refractivity contribution >= 4 is 5.91 Å². The molecule has 3 heterocycles. The maximum absolute atomic E-state index is 13.6. The monoisotopic (exact) mass is 509 g/mol. The minimum Gasteiger partial charge on any atom is -0.472 e. The highest BCUT2D eigenvalue weighted by Gasteiger charge is 2.34. The van der Waals surface area contributed by atoms with E-state index in [1.165, 1.54) is 12.1 Å². The lowest BCUT2D eigenvalue weighted by molar-refractivity contribution is 0.0254. The van der Waals surface area contributed by atoms with Gasteiger partial charge < -0.3 is 24.4 Å². The van der Waals surface area contributed by atoms with Gasteiger partial charge in [-0.2, -0.15) is 0 Å². The number of carbonyl (C=O) groups excluding carboxylic acids is 1. The molecule has 0 radical (unpaired) electrons. The summed E-state index contributed by atoms with van der Waals surface area (Å²) >= 11 is 0. The van der Waals surface area contributed by atoms with Gasteiger partial charge in [-0.3, -0.25) is 4.79 Å². The van der Waals surface area contributed by atoms with Gasteiger partial charge in [0.15, 0.2) is 0 Å². The van der Waals surface area contributed by atoms with Crippen LogP contribution >= 0.6 is 0 Å². The summed E-state index contributed by atoms with van der Waals surface area (Å²) in [7, 11) is 2.10. The van der Waals surface area contributed by atoms with Crippen molar-refractivity contribution in [3.05, 3.63) is 59.0 Å². The Kier molecular flexibility index (Phi) is 9.14. The predicted molar refractivity (Wildman–Crippen MR) is 139 cm³/mol. The van der Waals surface area contributed by atoms with Gasteiger partial charge in [0.2, 0.25) is 5.88 Å². The zero-order valence-corrected chi connectivity index (χ0v) is 21.8. The number of benzene rings is 1. The highest BCUT2D eigenvalue weighted by atomic mass is 19.1. The lowest BCUT2D eigenvalue weighted by Crippen LogP contribution is -2.50. The lowest BCUT2D eigenvalue weighted by atomic mass is 9.97. The molecule has 1 N–H and O–H groups in total. The summed E-state index contributed by atoms with van der Waals surface area (Å²) in [6, 6.07) is 7.36. The van der Waals surface area contributed by atoms with Crippen LogP contribution in [0.1, 0.15) is 48.2 Å². The second-order valence-electron chi connectivity index (χ2n) is 10.2. The third-order valence-corrected chi connectivity index (χ3v) is 7.10. The second kappa shape index (κ2) is 12.5. The Bertz CT molecular complexity index is 1140. The first-order chi connectivity index (χ1) is 17.8. The van der Waals surface area contributed by atoms with E-state index in [0.29, 0.717) is 35.7 Å². The van der Waals surface area contributed by atoms with Crippen molar-refractivity contribution in [2.45, 2.75) is 38.8 Å². The fourth-order valence-electron chi connectivity index (χ4n) is 4.85. The van der Waals surface area contributed by atoms with Crippen LogP contribution in [0.25, 0.3) is 0 Å². The van der Waals surface area contributed by atoms with Crippen LogP contribution in [0.15, 0.2) is 36.5 Å². The van der Waals surface area contributed by atoms with E-state index < -0.39 is 0 Å². The number of halogens is 1. The van der Waals surface area contributed by atoms with Crippen LogP contribution in [0.2, 0.25) is 0 Å². The van der Waals surface area contributed by atoms with E-state index in [0.717, 1.165) is 32.6 Å². The number of aromatic nitrogens is 1. The molecule has 0 unspecified atom stereocenters. The molecule has 37 heavy (non-hydrogen) atoms. The number of hydrogen-bond donors (Lipinski definition) is 1. The molecular weight excluding hydrogens is 473 g/mol. The van der Waals surface area contributed by atoms with Gasteiger partial charge in [-0.25, -0.2) is 9.37 Å². The van der Waals surface area contributed by atoms with Crippen LogP contribution in [-0.2, 0) is 4.74 Å². The lowest BCUT2D eigenvalue weighted by Gasteiger charge is -2.38. The maximum atomic E-state index is 13.6. The molecule has 0 saturated carbocycles. The van der Waals surface area contributed by atoms with Crippen molar-refractivity contribution in [2.75, 3.05) is 46.5 Å². The van der Waals surface area contributed by atoms with Gasteiger partial charge in [0.1, 0.15) is 17.5 Å². The second-order valence-corrected chi connectivity index (χ2v) is 10.2. The Morgan fingerprint density at radius 1 is 1.22 bits per heavy atom. The quantitative estimate of drug-likeness (QED) is 0.603. The van der Waals surface area contributed by atoms with Gasteiger partial charge in [0.05, 0.1) is 12.6 Å². The number of hydrogen-bond acceptors (Lipinski definition) is 6. The summed E-state index contributed by atoms with van der Waals surface area (Å²) < 4.78 is 25.4. The topological polar surface area (TPSA) is 75.1 Å². The first-order valence-corrected chi connectivity index (χ1v) is 13.0. The average molecular weight is 510 g/mol. The Morgan fingerprint density at radius 3 is 2.70 bits per heavy atom. The molecule has 7 nitrogen and oxygen atoms in total. The SMILES string of the molecule is C[C@@H]1CN([C@H](C)CO)C(=O)c2cc(C#Cc3cccc(F)c3)cnc2O[C@H]1CN(C)CC1CCOCC1. The van der Waals surface area contributed by atoms with Crippen LogP contribution in [0.5, 0.6) is 5.88 Å². The van der Waals surface area contributed by atoms with Gasteiger partial charge in [-0.1, -0.05) is 24.8 Å². The zero-order valence-electron chi connectivity index (χ0n) is 21.8. The summed E-state index contributed by atoms with van der Waals surface area (Å²) in [6.07, 6.45) is 3.51. The summed E-state index contributed by atoms with van der Waals surface area (Å²) in [4.78, 5) is 22.0. The molecular formula is C29H36FN3O4. The van der Waals surface area contributed by atoms with E-state index in [1.54, 1.807) is 29.3 Å². The van der Waals surface area contributed by atoms with Crippen molar-refractivity contribution in [1.82, 2.24) is 14.8 Å². The summed E-state index contributed by atoms with van der Waals surface area (Å²) in [5.41, 5.74) is 1.37. The summed E-state index contributed by atoms with van der Waals surface area (Å²) in [5, 5.41) is 9.87. The van der Waals surface area contributed by atoms with Gasteiger partial charge in [-0.05, 0) is 57.0 Å². The number of rotatable bonds is 6. The first kappa shape index (κ1) is 27.1. The van der Waals surface area contributed by atoms with Crippen molar-refractivity contribution in [2.24, 2.45) is 11.8 Å². The third kappa shape index (κ3) is 7.07. The molecule has 1 aromatic heterocycles. The van der Waals surface area contributed by atoms with Crippen molar-refractivity contribution in [1.29, 1.82) is 0 Å². The maximum Gasteiger partial charge on any atom is 0.259 e. The van der Waals surface area contributed by atoms with Crippen molar-refractivity contribution < 1.29 is 23.8 Å². The van der Waals surface area contributed by atoms with Crippen LogP contribution in [0, 0.1) is 29.5 Å². The fourth-order valence-corrected chi connectivity index (χ4v) is 4.85. The number of fused-ring (bicyclic) bond motifs is 1. The number of aliphatic hydroxyl groups is 1. The van der Waals surface area contributed by atoms with Gasteiger partial charge in [0, 0.05) is 56.1 Å². The van der Waals surface area contributed by atoms with Crippen LogP contribution < -0.4 is 4.74 Å². The number of pyridine rings is 1. The highest BCUT2D eigenvalue weighted by molar-refractivity contribution is 5.97. The minimum absolute atomic E-state index is 0.0254. The predicted octanol–water partition coefficient (Wildman–Crippen LogP) is 3.20. The zero-order chi connectivity index (χ0) is 26.4. The number of likely N-dealkylation sites (N-methyl/N-ethyl adjacent to an activating group) is 1. The van der Waals surface area contributed by atoms with Gasteiger partial charge >= 0.3 is 0 Å². The molecule has 3 atom stereocenters. The van der Waals surface area contributed by atoms with Gasteiger partial charge in [-0.15, -0.1) is 0 Å². The molecule has 1 aromatic carbocycles. The minimum atomic E-state index is -0.359. The largest absolute Gasteiger partial charge is 0.472 e. The molecule has 4 rings (SSSR count). The van der Waals surface area contributed by atoms with Crippen molar-refractivity contribution in [3.63, 3.8) is 0 Å². The molecule has 198 valence electrons. The van der Waals surface area contributed by atoms with Crippen molar-refractivity contribution in [3.8, 4) is 17.7 Å². The highest BCUT2D eigenvalue weighted by Crippen LogP contribution is 2.27. The fraction of sp³-hybridized carbons (Fsp3) is 0.517. The average Bonchev–Trinajstić information content (AvgIpc) is 2.89. The van der Waals surface area contributed by atoms with E-state index in [1.807, 2.05) is 6.92 Å².